The average Bonchev–Trinajstić information content (AvgIpc) is 3.08. The van der Waals surface area contributed by atoms with Crippen molar-refractivity contribution in [2.75, 3.05) is 0 Å². The maximum absolute atomic E-state index is 12.3. The van der Waals surface area contributed by atoms with Crippen LogP contribution in [0.2, 0.25) is 0 Å². The number of aromatic nitrogens is 1. The summed E-state index contributed by atoms with van der Waals surface area (Å²) >= 11 is 0. The van der Waals surface area contributed by atoms with Gasteiger partial charge in [0.05, 0.1) is 6.10 Å². The lowest BCUT2D eigenvalue weighted by molar-refractivity contribution is -0.137. The standard InChI is InChI=1S/C20H20N2O4/c23-18(8-9-19(24)25)14-6-7-16-15(10-14)11-17(22-16)20(26)21-12-13-4-2-1-3-5-13/h1-7,10-11,18,22-23H,8-9,12H2,(H,21,26)(H,24,25). The molecule has 0 aliphatic rings. The van der Waals surface area contributed by atoms with Crippen molar-refractivity contribution in [3.8, 4) is 0 Å². The quantitative estimate of drug-likeness (QED) is 0.525. The molecular weight excluding hydrogens is 332 g/mol. The van der Waals surface area contributed by atoms with E-state index in [1.165, 1.54) is 0 Å². The smallest absolute Gasteiger partial charge is 0.303 e. The molecule has 2 aromatic carbocycles. The summed E-state index contributed by atoms with van der Waals surface area (Å²) in [6.45, 7) is 0.439. The summed E-state index contributed by atoms with van der Waals surface area (Å²) in [5.41, 5.74) is 2.87. The Hall–Kier alpha value is -3.12. The van der Waals surface area contributed by atoms with Gasteiger partial charge in [-0.25, -0.2) is 0 Å². The zero-order chi connectivity index (χ0) is 18.5. The van der Waals surface area contributed by atoms with Gasteiger partial charge in [-0.15, -0.1) is 0 Å². The molecule has 1 unspecified atom stereocenters. The molecule has 1 atom stereocenters. The van der Waals surface area contributed by atoms with Gasteiger partial charge in [0.1, 0.15) is 5.69 Å². The van der Waals surface area contributed by atoms with Crippen LogP contribution in [0.3, 0.4) is 0 Å². The van der Waals surface area contributed by atoms with E-state index in [0.717, 1.165) is 16.5 Å². The number of hydrogen-bond acceptors (Lipinski definition) is 3. The number of carbonyl (C=O) groups is 2. The van der Waals surface area contributed by atoms with Crippen molar-refractivity contribution < 1.29 is 19.8 Å². The van der Waals surface area contributed by atoms with Gasteiger partial charge in [-0.1, -0.05) is 36.4 Å². The van der Waals surface area contributed by atoms with E-state index in [4.69, 9.17) is 5.11 Å². The lowest BCUT2D eigenvalue weighted by Crippen LogP contribution is -2.22. The first kappa shape index (κ1) is 17.7. The fraction of sp³-hybridized carbons (Fsp3) is 0.200. The second-order valence-corrected chi connectivity index (χ2v) is 6.15. The van der Waals surface area contributed by atoms with Gasteiger partial charge < -0.3 is 20.5 Å². The van der Waals surface area contributed by atoms with Gasteiger partial charge in [-0.2, -0.15) is 0 Å². The number of carbonyl (C=O) groups excluding carboxylic acids is 1. The number of carboxylic acids is 1. The molecule has 3 rings (SSSR count). The summed E-state index contributed by atoms with van der Waals surface area (Å²) in [7, 11) is 0. The molecule has 0 bridgehead atoms. The van der Waals surface area contributed by atoms with E-state index in [1.807, 2.05) is 30.3 Å². The number of rotatable bonds is 7. The molecule has 1 aromatic heterocycles. The molecule has 0 saturated carbocycles. The Labute approximate surface area is 150 Å². The first-order chi connectivity index (χ1) is 12.5. The maximum atomic E-state index is 12.3. The Morgan fingerprint density at radius 2 is 1.85 bits per heavy atom. The molecular formula is C20H20N2O4. The predicted octanol–water partition coefficient (Wildman–Crippen LogP) is 3.00. The fourth-order valence-electron chi connectivity index (χ4n) is 2.78. The van der Waals surface area contributed by atoms with Gasteiger partial charge in [-0.3, -0.25) is 9.59 Å². The third-order valence-corrected chi connectivity index (χ3v) is 4.20. The third kappa shape index (κ3) is 4.29. The molecule has 0 radical (unpaired) electrons. The number of aromatic amines is 1. The topological polar surface area (TPSA) is 102 Å². The van der Waals surface area contributed by atoms with Crippen molar-refractivity contribution >= 4 is 22.8 Å². The fourth-order valence-corrected chi connectivity index (χ4v) is 2.78. The van der Waals surface area contributed by atoms with Crippen molar-refractivity contribution in [2.45, 2.75) is 25.5 Å². The average molecular weight is 352 g/mol. The number of aliphatic hydroxyl groups is 1. The Morgan fingerprint density at radius 1 is 1.08 bits per heavy atom. The number of amides is 1. The maximum Gasteiger partial charge on any atom is 0.303 e. The van der Waals surface area contributed by atoms with Crippen molar-refractivity contribution in [3.05, 3.63) is 71.4 Å². The van der Waals surface area contributed by atoms with Gasteiger partial charge >= 0.3 is 5.97 Å². The predicted molar refractivity (Wildman–Crippen MR) is 97.7 cm³/mol. The largest absolute Gasteiger partial charge is 0.481 e. The number of aliphatic carboxylic acids is 1. The molecule has 1 amide bonds. The molecule has 0 fully saturated rings. The summed E-state index contributed by atoms with van der Waals surface area (Å²) in [6, 6.07) is 16.6. The van der Waals surface area contributed by atoms with Crippen LogP contribution in [0.4, 0.5) is 0 Å². The van der Waals surface area contributed by atoms with E-state index in [9.17, 15) is 14.7 Å². The van der Waals surface area contributed by atoms with Gasteiger partial charge in [-0.05, 0) is 35.7 Å². The number of carboxylic acid groups (broad SMARTS) is 1. The molecule has 1 heterocycles. The van der Waals surface area contributed by atoms with Crippen molar-refractivity contribution in [3.63, 3.8) is 0 Å². The van der Waals surface area contributed by atoms with Gasteiger partial charge in [0, 0.05) is 23.9 Å². The molecule has 134 valence electrons. The highest BCUT2D eigenvalue weighted by Gasteiger charge is 2.13. The van der Waals surface area contributed by atoms with E-state index < -0.39 is 12.1 Å². The minimum atomic E-state index is -0.941. The number of hydrogen-bond donors (Lipinski definition) is 4. The number of H-pyrrole nitrogens is 1. The summed E-state index contributed by atoms with van der Waals surface area (Å²) < 4.78 is 0. The van der Waals surface area contributed by atoms with E-state index in [0.29, 0.717) is 17.8 Å². The lowest BCUT2D eigenvalue weighted by atomic mass is 10.0. The number of fused-ring (bicyclic) bond motifs is 1. The summed E-state index contributed by atoms with van der Waals surface area (Å²) in [5.74, 6) is -1.15. The monoisotopic (exact) mass is 352 g/mol. The van der Waals surface area contributed by atoms with E-state index >= 15 is 0 Å². The van der Waals surface area contributed by atoms with Crippen LogP contribution in [-0.4, -0.2) is 27.1 Å². The van der Waals surface area contributed by atoms with E-state index in [-0.39, 0.29) is 18.7 Å². The molecule has 0 saturated heterocycles. The number of aliphatic hydroxyl groups excluding tert-OH is 1. The van der Waals surface area contributed by atoms with Crippen LogP contribution in [0.1, 0.15) is 40.6 Å². The van der Waals surface area contributed by atoms with Gasteiger partial charge in [0.2, 0.25) is 0 Å². The molecule has 26 heavy (non-hydrogen) atoms. The van der Waals surface area contributed by atoms with Gasteiger partial charge in [0.15, 0.2) is 0 Å². The van der Waals surface area contributed by atoms with Crippen LogP contribution in [0.15, 0.2) is 54.6 Å². The van der Waals surface area contributed by atoms with E-state index in [2.05, 4.69) is 10.3 Å². The minimum absolute atomic E-state index is 0.0977. The molecule has 6 heteroatoms. The SMILES string of the molecule is O=C(O)CCC(O)c1ccc2[nH]c(C(=O)NCc3ccccc3)cc2c1. The molecule has 0 aliphatic carbocycles. The van der Waals surface area contributed by atoms with Crippen LogP contribution in [0.5, 0.6) is 0 Å². The van der Waals surface area contributed by atoms with Crippen molar-refractivity contribution in [1.82, 2.24) is 10.3 Å². The second-order valence-electron chi connectivity index (χ2n) is 6.15. The molecule has 3 aromatic rings. The summed E-state index contributed by atoms with van der Waals surface area (Å²) in [5, 5.41) is 22.5. The van der Waals surface area contributed by atoms with E-state index in [1.54, 1.807) is 24.3 Å². The second kappa shape index (κ2) is 7.84. The highest BCUT2D eigenvalue weighted by Crippen LogP contribution is 2.24. The molecule has 6 nitrogen and oxygen atoms in total. The normalized spacial score (nSPS) is 12.0. The molecule has 4 N–H and O–H groups in total. The van der Waals surface area contributed by atoms with Gasteiger partial charge in [0.25, 0.3) is 5.91 Å². The first-order valence-electron chi connectivity index (χ1n) is 8.37. The Bertz CT molecular complexity index is 918. The van der Waals surface area contributed by atoms with Crippen LogP contribution in [-0.2, 0) is 11.3 Å². The van der Waals surface area contributed by atoms with Crippen molar-refractivity contribution in [2.24, 2.45) is 0 Å². The Morgan fingerprint density at radius 3 is 2.58 bits per heavy atom. The lowest BCUT2D eigenvalue weighted by Gasteiger charge is -2.09. The van der Waals surface area contributed by atoms with Crippen LogP contribution in [0, 0.1) is 0 Å². The first-order valence-corrected chi connectivity index (χ1v) is 8.37. The number of nitrogens with one attached hydrogen (secondary N) is 2. The summed E-state index contributed by atoms with van der Waals surface area (Å²) in [6.07, 6.45) is -0.796. The van der Waals surface area contributed by atoms with Crippen LogP contribution >= 0.6 is 0 Å². The Balaban J connectivity index is 1.70. The van der Waals surface area contributed by atoms with Crippen LogP contribution < -0.4 is 5.32 Å². The number of benzene rings is 2. The zero-order valence-electron chi connectivity index (χ0n) is 14.1. The minimum Gasteiger partial charge on any atom is -0.481 e. The zero-order valence-corrected chi connectivity index (χ0v) is 14.1. The highest BCUT2D eigenvalue weighted by atomic mass is 16.4. The summed E-state index contributed by atoms with van der Waals surface area (Å²) in [4.78, 5) is 26.0. The van der Waals surface area contributed by atoms with Crippen LogP contribution in [0.25, 0.3) is 10.9 Å². The molecule has 0 spiro atoms. The van der Waals surface area contributed by atoms with Crippen molar-refractivity contribution in [1.29, 1.82) is 0 Å². The Kier molecular flexibility index (Phi) is 5.34. The third-order valence-electron chi connectivity index (χ3n) is 4.20. The highest BCUT2D eigenvalue weighted by molar-refractivity contribution is 5.98. The molecule has 0 aliphatic heterocycles.